The van der Waals surface area contributed by atoms with Crippen LogP contribution in [0.1, 0.15) is 66.7 Å². The summed E-state index contributed by atoms with van der Waals surface area (Å²) in [7, 11) is 0. The SMILES string of the molecule is C=C[C@@H](C)CC(=O)[C@]1(O)[C@@H](C)[C@H](OC(=O)CN2CCCCC2)[C@H](O)[C@H]2C(C)(C)CC3O[C@]3(O)[C@@]21C. The van der Waals surface area contributed by atoms with Gasteiger partial charge < -0.3 is 24.8 Å². The van der Waals surface area contributed by atoms with Crippen molar-refractivity contribution in [2.75, 3.05) is 19.6 Å². The van der Waals surface area contributed by atoms with Gasteiger partial charge in [-0.05, 0) is 43.7 Å². The Morgan fingerprint density at radius 2 is 1.83 bits per heavy atom. The Labute approximate surface area is 208 Å². The molecule has 0 aromatic heterocycles. The molecule has 0 spiro atoms. The van der Waals surface area contributed by atoms with Crippen LogP contribution < -0.4 is 0 Å². The molecule has 3 N–H and O–H groups in total. The van der Waals surface area contributed by atoms with Crippen LogP contribution in [0.2, 0.25) is 0 Å². The summed E-state index contributed by atoms with van der Waals surface area (Å²) in [6.07, 6.45) is 2.49. The maximum atomic E-state index is 13.8. The number of ether oxygens (including phenoxy) is 2. The van der Waals surface area contributed by atoms with Crippen LogP contribution in [0.4, 0.5) is 0 Å². The van der Waals surface area contributed by atoms with Crippen LogP contribution in [-0.4, -0.2) is 81.3 Å². The predicted molar refractivity (Wildman–Crippen MR) is 129 cm³/mol. The van der Waals surface area contributed by atoms with E-state index in [1.54, 1.807) is 19.9 Å². The number of hydrogen-bond acceptors (Lipinski definition) is 8. The van der Waals surface area contributed by atoms with Crippen LogP contribution in [0.25, 0.3) is 0 Å². The molecule has 2 heterocycles. The number of rotatable bonds is 7. The zero-order valence-electron chi connectivity index (χ0n) is 21.8. The lowest BCUT2D eigenvalue weighted by Crippen LogP contribution is -2.78. The summed E-state index contributed by atoms with van der Waals surface area (Å²) in [4.78, 5) is 28.9. The summed E-state index contributed by atoms with van der Waals surface area (Å²) in [6.45, 7) is 14.5. The molecule has 8 heteroatoms. The Bertz CT molecular complexity index is 870. The third-order valence-corrected chi connectivity index (χ3v) is 9.65. The molecule has 0 amide bonds. The maximum absolute atomic E-state index is 13.8. The summed E-state index contributed by atoms with van der Waals surface area (Å²) in [5.74, 6) is -4.60. The van der Waals surface area contributed by atoms with Crippen molar-refractivity contribution in [3.63, 3.8) is 0 Å². The second-order valence-corrected chi connectivity index (χ2v) is 12.4. The van der Waals surface area contributed by atoms with Crippen molar-refractivity contribution in [3.05, 3.63) is 12.7 Å². The van der Waals surface area contributed by atoms with Crippen LogP contribution in [-0.2, 0) is 19.1 Å². The van der Waals surface area contributed by atoms with Gasteiger partial charge in [0.15, 0.2) is 5.78 Å². The average Bonchev–Trinajstić information content (AvgIpc) is 3.45. The molecule has 4 fully saturated rings. The molecule has 4 rings (SSSR count). The van der Waals surface area contributed by atoms with Gasteiger partial charge in [0, 0.05) is 18.3 Å². The number of hydrogen-bond donors (Lipinski definition) is 3. The molecule has 2 saturated heterocycles. The van der Waals surface area contributed by atoms with E-state index in [0.29, 0.717) is 6.42 Å². The molecule has 4 aliphatic rings. The molecule has 1 unspecified atom stereocenters. The lowest BCUT2D eigenvalue weighted by Gasteiger charge is -2.64. The Balaban J connectivity index is 1.72. The van der Waals surface area contributed by atoms with Gasteiger partial charge in [0.25, 0.3) is 0 Å². The molecule has 0 bridgehead atoms. The van der Waals surface area contributed by atoms with E-state index in [1.165, 1.54) is 0 Å². The molecule has 0 aromatic rings. The topological polar surface area (TPSA) is 120 Å². The van der Waals surface area contributed by atoms with Crippen molar-refractivity contribution in [1.82, 2.24) is 4.90 Å². The Hall–Kier alpha value is -1.32. The average molecular weight is 494 g/mol. The Morgan fingerprint density at radius 1 is 1.20 bits per heavy atom. The number of nitrogens with zero attached hydrogens (tertiary/aromatic N) is 1. The van der Waals surface area contributed by atoms with Gasteiger partial charge in [-0.3, -0.25) is 14.5 Å². The van der Waals surface area contributed by atoms with Gasteiger partial charge >= 0.3 is 5.97 Å². The standard InChI is InChI=1S/C27H43NO7/c1-7-16(2)13-18(29)26(32)17(3)22(34-20(30)15-28-11-9-8-10-12-28)21(31)23-24(4,5)14-19-27(33,35-19)25(23,26)6/h7,16-17,19,21-23,31-33H,1,8-15H2,2-6H3/t16-,17+,19?,21+,22+,23+,25+,26-,27+/m1/s1. The van der Waals surface area contributed by atoms with E-state index in [1.807, 2.05) is 25.7 Å². The number of allylic oxidation sites excluding steroid dienone is 1. The summed E-state index contributed by atoms with van der Waals surface area (Å²) in [5, 5.41) is 35.6. The first-order valence-electron chi connectivity index (χ1n) is 13.1. The fourth-order valence-electron chi connectivity index (χ4n) is 7.67. The first kappa shape index (κ1) is 26.7. The fraction of sp³-hybridized carbons (Fsp3) is 0.852. The third kappa shape index (κ3) is 3.91. The van der Waals surface area contributed by atoms with Crippen molar-refractivity contribution in [2.24, 2.45) is 28.6 Å². The van der Waals surface area contributed by atoms with E-state index in [4.69, 9.17) is 9.47 Å². The largest absolute Gasteiger partial charge is 0.458 e. The van der Waals surface area contributed by atoms with Crippen molar-refractivity contribution >= 4 is 11.8 Å². The van der Waals surface area contributed by atoms with Crippen molar-refractivity contribution < 1.29 is 34.4 Å². The Morgan fingerprint density at radius 3 is 2.43 bits per heavy atom. The number of aliphatic hydroxyl groups excluding tert-OH is 1. The number of ketones is 1. The van der Waals surface area contributed by atoms with E-state index >= 15 is 0 Å². The van der Waals surface area contributed by atoms with Gasteiger partial charge in [-0.25, -0.2) is 0 Å². The second-order valence-electron chi connectivity index (χ2n) is 12.4. The van der Waals surface area contributed by atoms with Crippen LogP contribution in [0.5, 0.6) is 0 Å². The molecule has 35 heavy (non-hydrogen) atoms. The highest BCUT2D eigenvalue weighted by atomic mass is 16.7. The van der Waals surface area contributed by atoms with Gasteiger partial charge in [0.1, 0.15) is 17.8 Å². The van der Waals surface area contributed by atoms with Gasteiger partial charge in [0.2, 0.25) is 5.79 Å². The van der Waals surface area contributed by atoms with Crippen LogP contribution in [0, 0.1) is 28.6 Å². The number of Topliss-reactive ketones (excluding diaryl/α,β-unsaturated/α-hetero) is 1. The van der Waals surface area contributed by atoms with Crippen LogP contribution >= 0.6 is 0 Å². The molecule has 0 radical (unpaired) electrons. The van der Waals surface area contributed by atoms with Gasteiger partial charge in [-0.1, -0.05) is 47.1 Å². The first-order chi connectivity index (χ1) is 16.2. The molecule has 198 valence electrons. The number of epoxide rings is 1. The highest BCUT2D eigenvalue weighted by Crippen LogP contribution is 2.72. The molecule has 9 atom stereocenters. The molecule has 2 aliphatic heterocycles. The van der Waals surface area contributed by atoms with Crippen molar-refractivity contribution in [3.8, 4) is 0 Å². The molecule has 8 nitrogen and oxygen atoms in total. The normalized spacial score (nSPS) is 45.5. The zero-order chi connectivity index (χ0) is 26.0. The van der Waals surface area contributed by atoms with Gasteiger partial charge in [-0.15, -0.1) is 6.58 Å². The van der Waals surface area contributed by atoms with Crippen molar-refractivity contribution in [1.29, 1.82) is 0 Å². The number of carbonyl (C=O) groups is 2. The van der Waals surface area contributed by atoms with Crippen LogP contribution in [0.3, 0.4) is 0 Å². The molecule has 2 aliphatic carbocycles. The molecule has 0 aromatic carbocycles. The fourth-order valence-corrected chi connectivity index (χ4v) is 7.67. The monoisotopic (exact) mass is 493 g/mol. The third-order valence-electron chi connectivity index (χ3n) is 9.65. The van der Waals surface area contributed by atoms with Gasteiger partial charge in [-0.2, -0.15) is 0 Å². The summed E-state index contributed by atoms with van der Waals surface area (Å²) in [6, 6.07) is 0. The molecular weight excluding hydrogens is 450 g/mol. The minimum Gasteiger partial charge on any atom is -0.458 e. The number of esters is 1. The number of carbonyl (C=O) groups excluding carboxylic acids is 2. The lowest BCUT2D eigenvalue weighted by molar-refractivity contribution is -0.307. The molecular formula is C27H43NO7. The van der Waals surface area contributed by atoms with E-state index in [0.717, 1.165) is 32.4 Å². The number of likely N-dealkylation sites (tertiary alicyclic amines) is 1. The second kappa shape index (κ2) is 8.91. The molecule has 2 saturated carbocycles. The zero-order valence-corrected chi connectivity index (χ0v) is 21.8. The summed E-state index contributed by atoms with van der Waals surface area (Å²) in [5.41, 5.74) is -4.19. The predicted octanol–water partition coefficient (Wildman–Crippen LogP) is 2.05. The highest BCUT2D eigenvalue weighted by molar-refractivity contribution is 5.89. The minimum atomic E-state index is -2.09. The van der Waals surface area contributed by atoms with E-state index in [-0.39, 0.29) is 18.9 Å². The van der Waals surface area contributed by atoms with E-state index < -0.39 is 64.1 Å². The quantitative estimate of drug-likeness (QED) is 0.280. The first-order valence-corrected chi connectivity index (χ1v) is 13.1. The van der Waals surface area contributed by atoms with Gasteiger partial charge in [0.05, 0.1) is 18.1 Å². The Kier molecular flexibility index (Phi) is 6.80. The lowest BCUT2D eigenvalue weighted by atomic mass is 9.41. The van der Waals surface area contributed by atoms with Crippen LogP contribution in [0.15, 0.2) is 12.7 Å². The highest BCUT2D eigenvalue weighted by Gasteiger charge is 2.85. The van der Waals surface area contributed by atoms with E-state index in [9.17, 15) is 24.9 Å². The summed E-state index contributed by atoms with van der Waals surface area (Å²) < 4.78 is 11.6. The summed E-state index contributed by atoms with van der Waals surface area (Å²) >= 11 is 0. The smallest absolute Gasteiger partial charge is 0.320 e. The number of fused-ring (bicyclic) bond motifs is 3. The maximum Gasteiger partial charge on any atom is 0.320 e. The minimum absolute atomic E-state index is 0.0123. The number of piperidine rings is 1. The van der Waals surface area contributed by atoms with Crippen molar-refractivity contribution in [2.45, 2.75) is 96.4 Å². The number of aliphatic hydroxyl groups is 3. The van der Waals surface area contributed by atoms with E-state index in [2.05, 4.69) is 6.58 Å².